The van der Waals surface area contributed by atoms with Gasteiger partial charge in [-0.2, -0.15) is 5.10 Å². The van der Waals surface area contributed by atoms with Crippen molar-refractivity contribution in [2.45, 2.75) is 20.3 Å². The number of ether oxygens (including phenoxy) is 1. The lowest BCUT2D eigenvalue weighted by Crippen LogP contribution is -2.34. The molecule has 0 bridgehead atoms. The Balaban J connectivity index is 1.63. The second-order valence-corrected chi connectivity index (χ2v) is 7.74. The van der Waals surface area contributed by atoms with Gasteiger partial charge in [0.05, 0.1) is 18.4 Å². The van der Waals surface area contributed by atoms with E-state index in [0.717, 1.165) is 23.5 Å². The summed E-state index contributed by atoms with van der Waals surface area (Å²) in [7, 11) is 3.44. The number of methoxy groups -OCH3 is 1. The highest BCUT2D eigenvalue weighted by molar-refractivity contribution is 7.80. The molecule has 0 saturated carbocycles. The van der Waals surface area contributed by atoms with Crippen molar-refractivity contribution in [1.82, 2.24) is 15.1 Å². The number of anilines is 1. The Labute approximate surface area is 186 Å². The zero-order chi connectivity index (χ0) is 21.8. The molecule has 0 atom stereocenters. The first-order chi connectivity index (χ1) is 14.3. The van der Waals surface area contributed by atoms with Gasteiger partial charge in [0.2, 0.25) is 0 Å². The first kappa shape index (κ1) is 21.8. The Morgan fingerprint density at radius 2 is 1.90 bits per heavy atom. The molecule has 0 unspecified atom stereocenters. The number of halogens is 1. The molecule has 156 valence electrons. The average Bonchev–Trinajstić information content (AvgIpc) is 2.95. The molecule has 1 amide bonds. The van der Waals surface area contributed by atoms with Gasteiger partial charge in [0, 0.05) is 35.4 Å². The van der Waals surface area contributed by atoms with E-state index in [9.17, 15) is 4.79 Å². The molecule has 1 aromatic heterocycles. The summed E-state index contributed by atoms with van der Waals surface area (Å²) < 4.78 is 7.11. The van der Waals surface area contributed by atoms with E-state index in [1.165, 1.54) is 24.3 Å². The minimum atomic E-state index is -0.397. The third-order valence-corrected chi connectivity index (χ3v) is 5.32. The Morgan fingerprint density at radius 1 is 1.20 bits per heavy atom. The molecule has 0 radical (unpaired) electrons. The second-order valence-electron chi connectivity index (χ2n) is 6.90. The molecule has 0 aliphatic heterocycles. The fourth-order valence-electron chi connectivity index (χ4n) is 3.17. The molecule has 30 heavy (non-hydrogen) atoms. The number of thiocarbonyl (C=S) groups is 1. The number of aryl methyl sites for hydroxylation is 2. The summed E-state index contributed by atoms with van der Waals surface area (Å²) in [6, 6.07) is 12.7. The minimum Gasteiger partial charge on any atom is -0.496 e. The zero-order valence-electron chi connectivity index (χ0n) is 17.2. The number of carbonyl (C=O) groups is 1. The van der Waals surface area contributed by atoms with Gasteiger partial charge in [0.25, 0.3) is 5.91 Å². The third-order valence-electron chi connectivity index (χ3n) is 4.88. The van der Waals surface area contributed by atoms with E-state index in [-0.39, 0.29) is 5.11 Å². The summed E-state index contributed by atoms with van der Waals surface area (Å²) in [5.41, 5.74) is 5.69. The number of aromatic nitrogens is 2. The number of benzene rings is 2. The second kappa shape index (κ2) is 9.28. The number of carbonyl (C=O) groups excluding carboxylic acids is 1. The smallest absolute Gasteiger partial charge is 0.261 e. The Morgan fingerprint density at radius 3 is 2.50 bits per heavy atom. The number of rotatable bonds is 5. The van der Waals surface area contributed by atoms with Gasteiger partial charge in [-0.25, -0.2) is 0 Å². The topological polar surface area (TPSA) is 68.2 Å². The molecule has 0 aliphatic rings. The van der Waals surface area contributed by atoms with Crippen LogP contribution in [0.3, 0.4) is 0 Å². The highest BCUT2D eigenvalue weighted by Crippen LogP contribution is 2.23. The molecule has 2 N–H and O–H groups in total. The van der Waals surface area contributed by atoms with Crippen LogP contribution in [0.15, 0.2) is 42.5 Å². The predicted octanol–water partition coefficient (Wildman–Crippen LogP) is 4.42. The van der Waals surface area contributed by atoms with Crippen LogP contribution in [0.1, 0.15) is 32.9 Å². The summed E-state index contributed by atoms with van der Waals surface area (Å²) in [5, 5.41) is 10.8. The zero-order valence-corrected chi connectivity index (χ0v) is 18.8. The van der Waals surface area contributed by atoms with Crippen LogP contribution in [0.5, 0.6) is 5.75 Å². The van der Waals surface area contributed by atoms with Gasteiger partial charge in [0.1, 0.15) is 5.75 Å². The SMILES string of the molecule is COc1ccc(Cl)cc1C(=O)NC(=S)Nc1ccc(Cc2c(C)nn(C)c2C)cc1. The molecule has 2 aromatic carbocycles. The molecule has 1 heterocycles. The van der Waals surface area contributed by atoms with Gasteiger partial charge in [-0.05, 0) is 62.0 Å². The first-order valence-corrected chi connectivity index (χ1v) is 10.1. The predicted molar refractivity (Wildman–Crippen MR) is 124 cm³/mol. The third kappa shape index (κ3) is 4.98. The summed E-state index contributed by atoms with van der Waals surface area (Å²) in [6.07, 6.45) is 0.807. The molecule has 3 aromatic rings. The molecule has 0 fully saturated rings. The number of hydrogen-bond acceptors (Lipinski definition) is 4. The summed E-state index contributed by atoms with van der Waals surface area (Å²) in [5.74, 6) is 0.0241. The molecule has 0 aliphatic carbocycles. The fourth-order valence-corrected chi connectivity index (χ4v) is 3.56. The normalized spacial score (nSPS) is 10.6. The van der Waals surface area contributed by atoms with E-state index in [0.29, 0.717) is 16.3 Å². The molecular weight excluding hydrogens is 420 g/mol. The quantitative estimate of drug-likeness (QED) is 0.572. The lowest BCUT2D eigenvalue weighted by atomic mass is 10.0. The van der Waals surface area contributed by atoms with Gasteiger partial charge >= 0.3 is 0 Å². The maximum Gasteiger partial charge on any atom is 0.261 e. The van der Waals surface area contributed by atoms with E-state index in [1.54, 1.807) is 12.1 Å². The van der Waals surface area contributed by atoms with Crippen LogP contribution >= 0.6 is 23.8 Å². The number of nitrogens with one attached hydrogen (secondary N) is 2. The number of amides is 1. The van der Waals surface area contributed by atoms with Gasteiger partial charge < -0.3 is 10.1 Å². The molecule has 8 heteroatoms. The Kier molecular flexibility index (Phi) is 6.74. The minimum absolute atomic E-state index is 0.189. The van der Waals surface area contributed by atoms with Crippen molar-refractivity contribution in [1.29, 1.82) is 0 Å². The van der Waals surface area contributed by atoms with Crippen LogP contribution in [0.2, 0.25) is 5.02 Å². The van der Waals surface area contributed by atoms with Gasteiger partial charge in [-0.1, -0.05) is 23.7 Å². The Bertz CT molecular complexity index is 1090. The van der Waals surface area contributed by atoms with E-state index in [4.69, 9.17) is 28.6 Å². The van der Waals surface area contributed by atoms with Crippen molar-refractivity contribution in [2.75, 3.05) is 12.4 Å². The van der Waals surface area contributed by atoms with Crippen LogP contribution < -0.4 is 15.4 Å². The molecule has 3 rings (SSSR count). The first-order valence-electron chi connectivity index (χ1n) is 9.32. The van der Waals surface area contributed by atoms with Gasteiger partial charge in [-0.3, -0.25) is 14.8 Å². The fraction of sp³-hybridized carbons (Fsp3) is 0.227. The van der Waals surface area contributed by atoms with Crippen LogP contribution in [0, 0.1) is 13.8 Å². The highest BCUT2D eigenvalue weighted by atomic mass is 35.5. The maximum absolute atomic E-state index is 12.5. The highest BCUT2D eigenvalue weighted by Gasteiger charge is 2.15. The molecule has 0 spiro atoms. The van der Waals surface area contributed by atoms with Crippen LogP contribution in [0.25, 0.3) is 0 Å². The van der Waals surface area contributed by atoms with E-state index in [2.05, 4.69) is 22.7 Å². The Hall–Kier alpha value is -2.90. The average molecular weight is 443 g/mol. The summed E-state index contributed by atoms with van der Waals surface area (Å²) >= 11 is 11.3. The van der Waals surface area contributed by atoms with Crippen LogP contribution in [0.4, 0.5) is 5.69 Å². The van der Waals surface area contributed by atoms with Crippen LogP contribution in [-0.4, -0.2) is 27.9 Å². The van der Waals surface area contributed by atoms with Crippen molar-refractivity contribution in [3.8, 4) is 5.75 Å². The molecular formula is C22H23ClN4O2S. The maximum atomic E-state index is 12.5. The van der Waals surface area contributed by atoms with Crippen molar-refractivity contribution in [3.63, 3.8) is 0 Å². The van der Waals surface area contributed by atoms with Crippen molar-refractivity contribution >= 4 is 40.5 Å². The largest absolute Gasteiger partial charge is 0.496 e. The van der Waals surface area contributed by atoms with Crippen molar-refractivity contribution < 1.29 is 9.53 Å². The number of nitrogens with zero attached hydrogens (tertiary/aromatic N) is 2. The lowest BCUT2D eigenvalue weighted by Gasteiger charge is -2.12. The van der Waals surface area contributed by atoms with Crippen molar-refractivity contribution in [2.24, 2.45) is 7.05 Å². The van der Waals surface area contributed by atoms with E-state index < -0.39 is 5.91 Å². The van der Waals surface area contributed by atoms with Crippen molar-refractivity contribution in [3.05, 3.63) is 75.6 Å². The summed E-state index contributed by atoms with van der Waals surface area (Å²) in [6.45, 7) is 4.09. The summed E-state index contributed by atoms with van der Waals surface area (Å²) in [4.78, 5) is 12.5. The monoisotopic (exact) mass is 442 g/mol. The molecule has 6 nitrogen and oxygen atoms in total. The van der Waals surface area contributed by atoms with Gasteiger partial charge in [-0.15, -0.1) is 0 Å². The van der Waals surface area contributed by atoms with Gasteiger partial charge in [0.15, 0.2) is 5.11 Å². The van der Waals surface area contributed by atoms with E-state index >= 15 is 0 Å². The van der Waals surface area contributed by atoms with E-state index in [1.807, 2.05) is 42.9 Å². The lowest BCUT2D eigenvalue weighted by molar-refractivity contribution is 0.0975. The standard InChI is InChI=1S/C22H23ClN4O2S/c1-13-18(14(2)27(3)26-13)11-15-5-8-17(9-6-15)24-22(30)25-21(28)19-12-16(23)7-10-20(19)29-4/h5-10,12H,11H2,1-4H3,(H2,24,25,28,30). The molecule has 0 saturated heterocycles. The van der Waals surface area contributed by atoms with Crippen LogP contribution in [-0.2, 0) is 13.5 Å². The number of hydrogen-bond donors (Lipinski definition) is 2.